The molecule has 7 nitrogen and oxygen atoms in total. The predicted octanol–water partition coefficient (Wildman–Crippen LogP) is 1.36. The first-order chi connectivity index (χ1) is 11.5. The minimum absolute atomic E-state index is 0.138. The number of hydrogen-bond acceptors (Lipinski definition) is 5. The van der Waals surface area contributed by atoms with Crippen LogP contribution in [0, 0.1) is 0 Å². The largest absolute Gasteiger partial charge is 0.480 e. The summed E-state index contributed by atoms with van der Waals surface area (Å²) in [5.74, 6) is -0.0534. The molecule has 126 valence electrons. The van der Waals surface area contributed by atoms with Crippen LogP contribution in [-0.4, -0.2) is 49.7 Å². The first kappa shape index (κ1) is 16.3. The van der Waals surface area contributed by atoms with Gasteiger partial charge in [0.25, 0.3) is 5.91 Å². The van der Waals surface area contributed by atoms with Crippen LogP contribution in [0.3, 0.4) is 0 Å². The highest BCUT2D eigenvalue weighted by atomic mass is 32.2. The van der Waals surface area contributed by atoms with Crippen LogP contribution in [0.2, 0.25) is 0 Å². The first-order valence-corrected chi connectivity index (χ1v) is 8.91. The summed E-state index contributed by atoms with van der Waals surface area (Å²) in [6.45, 7) is 0.276. The first-order valence-electron chi connectivity index (χ1n) is 7.36. The van der Waals surface area contributed by atoms with E-state index in [1.165, 1.54) is 18.2 Å². The van der Waals surface area contributed by atoms with E-state index in [0.717, 1.165) is 0 Å². The quantitative estimate of drug-likeness (QED) is 0.882. The second-order valence-corrected chi connectivity index (χ2v) is 7.37. The molecule has 1 aliphatic rings. The van der Waals surface area contributed by atoms with Gasteiger partial charge in [-0.05, 0) is 24.3 Å². The maximum Gasteiger partial charge on any atom is 0.259 e. The van der Waals surface area contributed by atoms with Gasteiger partial charge in [-0.25, -0.2) is 13.4 Å². The van der Waals surface area contributed by atoms with Crippen LogP contribution in [0.4, 0.5) is 5.69 Å². The smallest absolute Gasteiger partial charge is 0.259 e. The molecule has 1 aromatic carbocycles. The monoisotopic (exact) mass is 347 g/mol. The number of benzene rings is 1. The Morgan fingerprint density at radius 2 is 1.92 bits per heavy atom. The number of rotatable bonds is 5. The summed E-state index contributed by atoms with van der Waals surface area (Å²) in [4.78, 5) is 17.9. The Morgan fingerprint density at radius 3 is 2.58 bits per heavy atom. The Morgan fingerprint density at radius 1 is 1.21 bits per heavy atom. The summed E-state index contributed by atoms with van der Waals surface area (Å²) in [6, 6.07) is 11.9. The zero-order chi connectivity index (χ0) is 17.2. The minimum atomic E-state index is -3.53. The van der Waals surface area contributed by atoms with Gasteiger partial charge in [0.15, 0.2) is 0 Å². The molecule has 1 N–H and O–H groups in total. The maximum atomic E-state index is 12.4. The molecule has 0 bridgehead atoms. The third kappa shape index (κ3) is 3.18. The number of sulfonamides is 1. The van der Waals surface area contributed by atoms with Crippen molar-refractivity contribution in [3.63, 3.8) is 0 Å². The maximum absolute atomic E-state index is 12.4. The Hall–Kier alpha value is -2.61. The number of amides is 1. The number of hydrogen-bond donors (Lipinski definition) is 1. The summed E-state index contributed by atoms with van der Waals surface area (Å²) in [7, 11) is -2.09. The van der Waals surface area contributed by atoms with Gasteiger partial charge in [-0.1, -0.05) is 18.2 Å². The lowest BCUT2D eigenvalue weighted by atomic mass is 10.1. The van der Waals surface area contributed by atoms with Gasteiger partial charge < -0.3 is 9.64 Å². The van der Waals surface area contributed by atoms with Crippen molar-refractivity contribution in [2.45, 2.75) is 5.25 Å². The fraction of sp³-hybridized carbons (Fsp3) is 0.250. The molecule has 0 aliphatic carbocycles. The number of ether oxygens (including phenoxy) is 1. The van der Waals surface area contributed by atoms with Gasteiger partial charge in [-0.15, -0.1) is 0 Å². The summed E-state index contributed by atoms with van der Waals surface area (Å²) in [6.07, 6.45) is 1.53. The van der Waals surface area contributed by atoms with Crippen molar-refractivity contribution in [3.05, 3.63) is 54.2 Å². The van der Waals surface area contributed by atoms with E-state index >= 15 is 0 Å². The third-order valence-corrected chi connectivity index (χ3v) is 5.50. The molecular weight excluding hydrogens is 330 g/mol. The predicted molar refractivity (Wildman–Crippen MR) is 89.5 cm³/mol. The molecule has 0 radical (unpaired) electrons. The fourth-order valence-corrected chi connectivity index (χ4v) is 3.82. The number of carbonyl (C=O) groups excluding carboxylic acids is 1. The summed E-state index contributed by atoms with van der Waals surface area (Å²) < 4.78 is 32.3. The lowest BCUT2D eigenvalue weighted by Crippen LogP contribution is -2.58. The molecule has 0 spiro atoms. The lowest BCUT2D eigenvalue weighted by Gasteiger charge is -2.38. The van der Waals surface area contributed by atoms with E-state index in [9.17, 15) is 13.2 Å². The number of nitrogens with zero attached hydrogens (tertiary/aromatic N) is 2. The number of aromatic nitrogens is 1. The molecule has 0 atom stereocenters. The van der Waals surface area contributed by atoms with Crippen molar-refractivity contribution in [1.82, 2.24) is 9.88 Å². The molecule has 0 unspecified atom stereocenters. The highest BCUT2D eigenvalue weighted by molar-refractivity contribution is 7.93. The summed E-state index contributed by atoms with van der Waals surface area (Å²) in [5, 5.41) is -0.635. The molecule has 2 aromatic rings. The van der Waals surface area contributed by atoms with Gasteiger partial charge in [-0.2, -0.15) is 0 Å². The van der Waals surface area contributed by atoms with Crippen molar-refractivity contribution in [2.75, 3.05) is 24.9 Å². The highest BCUT2D eigenvalue weighted by Gasteiger charge is 2.40. The second kappa shape index (κ2) is 6.48. The SMILES string of the molecule is COc1ncccc1C(=O)N1CC(S(=O)(=O)Nc2ccccc2)C1. The number of carbonyl (C=O) groups is 1. The van der Waals surface area contributed by atoms with Gasteiger partial charge in [0.2, 0.25) is 15.9 Å². The van der Waals surface area contributed by atoms with Crippen LogP contribution in [0.15, 0.2) is 48.7 Å². The van der Waals surface area contributed by atoms with Crippen molar-refractivity contribution >= 4 is 21.6 Å². The third-order valence-electron chi connectivity index (χ3n) is 3.80. The number of pyridine rings is 1. The van der Waals surface area contributed by atoms with Crippen molar-refractivity contribution < 1.29 is 17.9 Å². The molecule has 3 rings (SSSR count). The fourth-order valence-electron chi connectivity index (χ4n) is 2.44. The van der Waals surface area contributed by atoms with Gasteiger partial charge in [0, 0.05) is 25.0 Å². The Balaban J connectivity index is 1.65. The number of para-hydroxylation sites is 1. The van der Waals surface area contributed by atoms with Crippen LogP contribution in [0.5, 0.6) is 5.88 Å². The summed E-state index contributed by atoms with van der Waals surface area (Å²) in [5.41, 5.74) is 0.836. The second-order valence-electron chi connectivity index (χ2n) is 5.41. The molecule has 8 heteroatoms. The van der Waals surface area contributed by atoms with Gasteiger partial charge in [0.1, 0.15) is 10.8 Å². The van der Waals surface area contributed by atoms with Crippen LogP contribution in [0.25, 0.3) is 0 Å². The van der Waals surface area contributed by atoms with Gasteiger partial charge in [-0.3, -0.25) is 9.52 Å². The Labute approximate surface area is 140 Å². The molecular formula is C16H17N3O4S. The van der Waals surface area contributed by atoms with Crippen LogP contribution in [0.1, 0.15) is 10.4 Å². The van der Waals surface area contributed by atoms with Crippen LogP contribution in [-0.2, 0) is 10.0 Å². The van der Waals surface area contributed by atoms with Gasteiger partial charge in [0.05, 0.1) is 7.11 Å². The molecule has 0 saturated carbocycles. The van der Waals surface area contributed by atoms with E-state index in [1.807, 2.05) is 6.07 Å². The van der Waals surface area contributed by atoms with E-state index in [-0.39, 0.29) is 24.9 Å². The number of anilines is 1. The molecule has 1 amide bonds. The lowest BCUT2D eigenvalue weighted by molar-refractivity contribution is 0.0655. The van der Waals surface area contributed by atoms with E-state index < -0.39 is 15.3 Å². The molecule has 1 fully saturated rings. The average Bonchev–Trinajstić information content (AvgIpc) is 2.53. The Bertz CT molecular complexity index is 833. The van der Waals surface area contributed by atoms with Crippen molar-refractivity contribution in [1.29, 1.82) is 0 Å². The normalized spacial score (nSPS) is 14.8. The van der Waals surface area contributed by atoms with Crippen molar-refractivity contribution in [2.24, 2.45) is 0 Å². The van der Waals surface area contributed by atoms with E-state index in [2.05, 4.69) is 9.71 Å². The molecule has 2 heterocycles. The Kier molecular flexibility index (Phi) is 4.39. The number of methoxy groups -OCH3 is 1. The standard InChI is InChI=1S/C16H17N3O4S/c1-23-15-14(8-5-9-17-15)16(20)19-10-13(11-19)24(21,22)18-12-6-3-2-4-7-12/h2-9,13,18H,10-11H2,1H3. The highest BCUT2D eigenvalue weighted by Crippen LogP contribution is 2.24. The molecule has 1 saturated heterocycles. The topological polar surface area (TPSA) is 88.6 Å². The summed E-state index contributed by atoms with van der Waals surface area (Å²) >= 11 is 0. The zero-order valence-electron chi connectivity index (χ0n) is 13.0. The number of likely N-dealkylation sites (tertiary alicyclic amines) is 1. The van der Waals surface area contributed by atoms with Crippen LogP contribution < -0.4 is 9.46 Å². The van der Waals surface area contributed by atoms with Crippen molar-refractivity contribution in [3.8, 4) is 5.88 Å². The van der Waals surface area contributed by atoms with E-state index in [4.69, 9.17) is 4.74 Å². The molecule has 24 heavy (non-hydrogen) atoms. The van der Waals surface area contributed by atoms with E-state index in [0.29, 0.717) is 11.3 Å². The van der Waals surface area contributed by atoms with E-state index in [1.54, 1.807) is 36.4 Å². The average molecular weight is 347 g/mol. The van der Waals surface area contributed by atoms with Gasteiger partial charge >= 0.3 is 0 Å². The minimum Gasteiger partial charge on any atom is -0.480 e. The zero-order valence-corrected chi connectivity index (χ0v) is 13.9. The van der Waals surface area contributed by atoms with Crippen LogP contribution >= 0.6 is 0 Å². The number of nitrogens with one attached hydrogen (secondary N) is 1. The molecule has 1 aromatic heterocycles. The molecule has 1 aliphatic heterocycles.